The molecule has 1 heterocycles. The van der Waals surface area contributed by atoms with Crippen molar-refractivity contribution in [3.05, 3.63) is 64.5 Å². The third kappa shape index (κ3) is 2.99. The molecule has 106 valence electrons. The number of nitrogens with two attached hydrogens (primary N) is 1. The minimum Gasteiger partial charge on any atom is -0.319 e. The summed E-state index contributed by atoms with van der Waals surface area (Å²) in [5.41, 5.74) is 8.06. The minimum atomic E-state index is -4.34. The van der Waals surface area contributed by atoms with E-state index in [0.717, 1.165) is 17.8 Å². The molecule has 5 heteroatoms. The summed E-state index contributed by atoms with van der Waals surface area (Å²) in [6.07, 6.45) is -4.34. The molecule has 1 aromatic heterocycles. The van der Waals surface area contributed by atoms with Gasteiger partial charge in [-0.15, -0.1) is 0 Å². The Morgan fingerprint density at radius 2 is 1.80 bits per heavy atom. The van der Waals surface area contributed by atoms with Gasteiger partial charge in [0.05, 0.1) is 17.3 Å². The highest BCUT2D eigenvalue weighted by molar-refractivity contribution is 5.38. The highest BCUT2D eigenvalue weighted by Crippen LogP contribution is 2.32. The standard InChI is InChI=1S/C15H15F3N2/c1-9-8-11(15(16,17)18)6-7-12(9)14(19)13-5-3-4-10(2)20-13/h3-8,14H,19H2,1-2H3. The van der Waals surface area contributed by atoms with Gasteiger partial charge in [-0.3, -0.25) is 4.98 Å². The van der Waals surface area contributed by atoms with Gasteiger partial charge in [0.15, 0.2) is 0 Å². The van der Waals surface area contributed by atoms with Gasteiger partial charge in [0.25, 0.3) is 0 Å². The van der Waals surface area contributed by atoms with E-state index in [0.29, 0.717) is 16.8 Å². The molecule has 1 unspecified atom stereocenters. The van der Waals surface area contributed by atoms with Gasteiger partial charge in [-0.1, -0.05) is 12.1 Å². The van der Waals surface area contributed by atoms with Crippen molar-refractivity contribution in [1.82, 2.24) is 4.98 Å². The van der Waals surface area contributed by atoms with E-state index in [4.69, 9.17) is 5.73 Å². The van der Waals surface area contributed by atoms with Crippen molar-refractivity contribution in [3.63, 3.8) is 0 Å². The first kappa shape index (κ1) is 14.5. The van der Waals surface area contributed by atoms with E-state index >= 15 is 0 Å². The monoisotopic (exact) mass is 280 g/mol. The molecule has 0 saturated carbocycles. The fourth-order valence-electron chi connectivity index (χ4n) is 2.10. The summed E-state index contributed by atoms with van der Waals surface area (Å²) in [6, 6.07) is 8.51. The number of rotatable bonds is 2. The van der Waals surface area contributed by atoms with Crippen LogP contribution in [0.25, 0.3) is 0 Å². The van der Waals surface area contributed by atoms with E-state index in [1.165, 1.54) is 6.07 Å². The van der Waals surface area contributed by atoms with Crippen LogP contribution in [0.5, 0.6) is 0 Å². The van der Waals surface area contributed by atoms with Crippen molar-refractivity contribution in [2.75, 3.05) is 0 Å². The van der Waals surface area contributed by atoms with Crippen molar-refractivity contribution >= 4 is 0 Å². The molecule has 0 saturated heterocycles. The quantitative estimate of drug-likeness (QED) is 0.909. The third-order valence-corrected chi connectivity index (χ3v) is 3.16. The Bertz CT molecular complexity index is 621. The van der Waals surface area contributed by atoms with Crippen molar-refractivity contribution in [2.45, 2.75) is 26.1 Å². The summed E-state index contributed by atoms with van der Waals surface area (Å²) in [6.45, 7) is 3.47. The Morgan fingerprint density at radius 3 is 2.35 bits per heavy atom. The van der Waals surface area contributed by atoms with Crippen LogP contribution in [0.4, 0.5) is 13.2 Å². The lowest BCUT2D eigenvalue weighted by Gasteiger charge is -2.16. The van der Waals surface area contributed by atoms with Crippen LogP contribution in [0, 0.1) is 13.8 Å². The van der Waals surface area contributed by atoms with Gasteiger partial charge in [-0.2, -0.15) is 13.2 Å². The molecule has 1 atom stereocenters. The number of nitrogens with zero attached hydrogens (tertiary/aromatic N) is 1. The largest absolute Gasteiger partial charge is 0.416 e. The molecule has 0 aliphatic heterocycles. The van der Waals surface area contributed by atoms with Gasteiger partial charge in [0.1, 0.15) is 0 Å². The second-order valence-electron chi connectivity index (χ2n) is 4.75. The molecule has 0 radical (unpaired) electrons. The Morgan fingerprint density at radius 1 is 1.10 bits per heavy atom. The maximum atomic E-state index is 12.6. The number of halogens is 3. The van der Waals surface area contributed by atoms with E-state index in [1.54, 1.807) is 13.0 Å². The molecular formula is C15H15F3N2. The Kier molecular flexibility index (Phi) is 3.81. The molecule has 0 aliphatic rings. The van der Waals surface area contributed by atoms with Crippen LogP contribution in [-0.4, -0.2) is 4.98 Å². The number of hydrogen-bond donors (Lipinski definition) is 1. The fraction of sp³-hybridized carbons (Fsp3) is 0.267. The smallest absolute Gasteiger partial charge is 0.319 e. The number of aromatic nitrogens is 1. The predicted molar refractivity (Wildman–Crippen MR) is 71.2 cm³/mol. The molecule has 2 N–H and O–H groups in total. The molecule has 0 bridgehead atoms. The molecule has 0 aliphatic carbocycles. The summed E-state index contributed by atoms with van der Waals surface area (Å²) >= 11 is 0. The second-order valence-corrected chi connectivity index (χ2v) is 4.75. The van der Waals surface area contributed by atoms with E-state index in [9.17, 15) is 13.2 Å². The van der Waals surface area contributed by atoms with Gasteiger partial charge in [-0.05, 0) is 49.2 Å². The Labute approximate surface area is 115 Å². The maximum absolute atomic E-state index is 12.6. The van der Waals surface area contributed by atoms with Gasteiger partial charge in [-0.25, -0.2) is 0 Å². The zero-order valence-electron chi connectivity index (χ0n) is 11.2. The molecule has 20 heavy (non-hydrogen) atoms. The van der Waals surface area contributed by atoms with Crippen LogP contribution in [0.2, 0.25) is 0 Å². The first-order valence-electron chi connectivity index (χ1n) is 6.16. The Balaban J connectivity index is 2.38. The lowest BCUT2D eigenvalue weighted by molar-refractivity contribution is -0.137. The Hall–Kier alpha value is -1.88. The van der Waals surface area contributed by atoms with Gasteiger partial charge >= 0.3 is 6.18 Å². The summed E-state index contributed by atoms with van der Waals surface area (Å²) in [7, 11) is 0. The zero-order valence-corrected chi connectivity index (χ0v) is 11.2. The predicted octanol–water partition coefficient (Wildman–Crippen LogP) is 3.77. The van der Waals surface area contributed by atoms with Crippen molar-refractivity contribution in [1.29, 1.82) is 0 Å². The summed E-state index contributed by atoms with van der Waals surface area (Å²) in [5.74, 6) is 0. The molecule has 0 spiro atoms. The summed E-state index contributed by atoms with van der Waals surface area (Å²) in [5, 5.41) is 0. The van der Waals surface area contributed by atoms with Crippen LogP contribution >= 0.6 is 0 Å². The molecular weight excluding hydrogens is 265 g/mol. The number of hydrogen-bond acceptors (Lipinski definition) is 2. The van der Waals surface area contributed by atoms with Gasteiger partial charge in [0, 0.05) is 5.69 Å². The topological polar surface area (TPSA) is 38.9 Å². The molecule has 0 amide bonds. The van der Waals surface area contributed by atoms with Crippen LogP contribution in [0.3, 0.4) is 0 Å². The fourth-order valence-corrected chi connectivity index (χ4v) is 2.10. The highest BCUT2D eigenvalue weighted by Gasteiger charge is 2.31. The molecule has 2 nitrogen and oxygen atoms in total. The van der Waals surface area contributed by atoms with Gasteiger partial charge < -0.3 is 5.73 Å². The van der Waals surface area contributed by atoms with Crippen molar-refractivity contribution < 1.29 is 13.2 Å². The summed E-state index contributed by atoms with van der Waals surface area (Å²) < 4.78 is 37.9. The normalized spacial score (nSPS) is 13.3. The number of alkyl halides is 3. The number of benzene rings is 1. The second kappa shape index (κ2) is 5.25. The van der Waals surface area contributed by atoms with E-state index in [-0.39, 0.29) is 0 Å². The van der Waals surface area contributed by atoms with Gasteiger partial charge in [0.2, 0.25) is 0 Å². The third-order valence-electron chi connectivity index (χ3n) is 3.16. The lowest BCUT2D eigenvalue weighted by Crippen LogP contribution is -2.16. The first-order chi connectivity index (χ1) is 9.29. The summed E-state index contributed by atoms with van der Waals surface area (Å²) in [4.78, 5) is 4.31. The molecule has 2 rings (SSSR count). The highest BCUT2D eigenvalue weighted by atomic mass is 19.4. The average molecular weight is 280 g/mol. The number of pyridine rings is 1. The SMILES string of the molecule is Cc1cccc(C(N)c2ccc(C(F)(F)F)cc2C)n1. The van der Waals surface area contributed by atoms with Crippen LogP contribution in [-0.2, 0) is 6.18 Å². The van der Waals surface area contributed by atoms with Crippen LogP contribution < -0.4 is 5.73 Å². The molecule has 2 aromatic rings. The zero-order chi connectivity index (χ0) is 14.9. The van der Waals surface area contributed by atoms with Crippen molar-refractivity contribution in [3.8, 4) is 0 Å². The lowest BCUT2D eigenvalue weighted by atomic mass is 9.97. The minimum absolute atomic E-state index is 0.510. The maximum Gasteiger partial charge on any atom is 0.416 e. The van der Waals surface area contributed by atoms with Crippen LogP contribution in [0.15, 0.2) is 36.4 Å². The average Bonchev–Trinajstić information content (AvgIpc) is 2.36. The van der Waals surface area contributed by atoms with Crippen molar-refractivity contribution in [2.24, 2.45) is 5.73 Å². The molecule has 1 aromatic carbocycles. The first-order valence-corrected chi connectivity index (χ1v) is 6.16. The van der Waals surface area contributed by atoms with E-state index in [2.05, 4.69) is 4.98 Å². The van der Waals surface area contributed by atoms with Crippen LogP contribution in [0.1, 0.15) is 34.1 Å². The van der Waals surface area contributed by atoms with E-state index < -0.39 is 17.8 Å². The van der Waals surface area contributed by atoms with E-state index in [1.807, 2.05) is 19.1 Å². The molecule has 0 fully saturated rings. The number of aryl methyl sites for hydroxylation is 2.